The first-order chi connectivity index (χ1) is 35.3. The van der Waals surface area contributed by atoms with E-state index in [0.717, 1.165) is 49.8 Å². The van der Waals surface area contributed by atoms with Crippen LogP contribution < -0.4 is 20.1 Å². The molecule has 4 amide bonds. The highest BCUT2D eigenvalue weighted by Gasteiger charge is 2.33. The number of aromatic nitrogens is 5. The number of imide groups is 1. The quantitative estimate of drug-likeness (QED) is 0.0495. The number of fused-ring (bicyclic) bond motifs is 3. The molecule has 17 nitrogen and oxygen atoms in total. The average Bonchev–Trinajstić information content (AvgIpc) is 3.95. The SMILES string of the molecule is COc1ccc(C(=O)NC2CCC(=O)NC2=O)c2nc(C)n(CC(=O)N3CCN(CCn4c(C(O)OC(C)(C)C)c(CCCOc5cccc6cc(F)ccc56)c5ccc(Cl)c(-c6c(C)nn(C)c6C)c54)CC3)c12. The summed E-state index contributed by atoms with van der Waals surface area (Å²) >= 11 is 7.24. The van der Waals surface area contributed by atoms with Crippen LogP contribution in [0.3, 0.4) is 0 Å². The summed E-state index contributed by atoms with van der Waals surface area (Å²) in [4.78, 5) is 60.7. The average molecular weight is 1030 g/mol. The minimum atomic E-state index is -1.30. The van der Waals surface area contributed by atoms with Crippen molar-refractivity contribution in [3.63, 3.8) is 0 Å². The highest BCUT2D eigenvalue weighted by molar-refractivity contribution is 6.35. The molecule has 2 saturated heterocycles. The van der Waals surface area contributed by atoms with Gasteiger partial charge in [-0.25, -0.2) is 9.37 Å². The molecule has 19 heteroatoms. The van der Waals surface area contributed by atoms with E-state index in [9.17, 15) is 28.7 Å². The van der Waals surface area contributed by atoms with Crippen molar-refractivity contribution in [1.82, 2.24) is 44.3 Å². The van der Waals surface area contributed by atoms with E-state index in [1.807, 2.05) is 81.6 Å². The van der Waals surface area contributed by atoms with Gasteiger partial charge in [0.05, 0.1) is 46.8 Å². The molecule has 2 fully saturated rings. The van der Waals surface area contributed by atoms with E-state index in [2.05, 4.69) is 20.1 Å². The Hall–Kier alpha value is -6.86. The molecule has 4 aromatic carbocycles. The first-order valence-electron chi connectivity index (χ1n) is 25.0. The van der Waals surface area contributed by atoms with Gasteiger partial charge in [-0.1, -0.05) is 29.8 Å². The maximum atomic E-state index is 14.2. The number of rotatable bonds is 16. The second-order valence-corrected chi connectivity index (χ2v) is 20.5. The number of carbonyl (C=O) groups excluding carboxylic acids is 4. The predicted octanol–water partition coefficient (Wildman–Crippen LogP) is 7.47. The fraction of sp³-hybridized carbons (Fsp3) is 0.418. The van der Waals surface area contributed by atoms with Crippen LogP contribution in [0.5, 0.6) is 11.5 Å². The highest BCUT2D eigenvalue weighted by atomic mass is 35.5. The summed E-state index contributed by atoms with van der Waals surface area (Å²) < 4.78 is 38.3. The first kappa shape index (κ1) is 52.0. The number of hydrogen-bond acceptors (Lipinski definition) is 11. The monoisotopic (exact) mass is 1030 g/mol. The lowest BCUT2D eigenvalue weighted by atomic mass is 9.98. The van der Waals surface area contributed by atoms with Gasteiger partial charge in [-0.15, -0.1) is 0 Å². The molecule has 3 N–H and O–H groups in total. The molecule has 2 unspecified atom stereocenters. The van der Waals surface area contributed by atoms with Gasteiger partial charge in [0.2, 0.25) is 17.7 Å². The Balaban J connectivity index is 0.966. The summed E-state index contributed by atoms with van der Waals surface area (Å²) in [7, 11) is 3.42. The zero-order valence-corrected chi connectivity index (χ0v) is 43.9. The summed E-state index contributed by atoms with van der Waals surface area (Å²) in [6.07, 6.45) is 0.116. The molecule has 3 aromatic heterocycles. The number of carbonyl (C=O) groups is 4. The van der Waals surface area contributed by atoms with Crippen molar-refractivity contribution in [2.24, 2.45) is 7.05 Å². The third kappa shape index (κ3) is 10.4. The van der Waals surface area contributed by atoms with Crippen LogP contribution in [0.4, 0.5) is 4.39 Å². The van der Waals surface area contributed by atoms with Gasteiger partial charge in [0, 0.05) is 80.3 Å². The zero-order valence-electron chi connectivity index (χ0n) is 43.1. The van der Waals surface area contributed by atoms with Gasteiger partial charge in [-0.2, -0.15) is 5.10 Å². The summed E-state index contributed by atoms with van der Waals surface area (Å²) in [5, 5.41) is 25.1. The van der Waals surface area contributed by atoms with Crippen LogP contribution in [0.15, 0.2) is 60.7 Å². The van der Waals surface area contributed by atoms with Crippen molar-refractivity contribution < 1.29 is 42.9 Å². The van der Waals surface area contributed by atoms with Crippen LogP contribution in [0.2, 0.25) is 5.02 Å². The van der Waals surface area contributed by atoms with E-state index in [1.165, 1.54) is 19.2 Å². The summed E-state index contributed by atoms with van der Waals surface area (Å²) in [5.41, 5.74) is 6.21. The smallest absolute Gasteiger partial charge is 0.254 e. The Morgan fingerprint density at radius 2 is 1.70 bits per heavy atom. The molecule has 2 atom stereocenters. The lowest BCUT2D eigenvalue weighted by molar-refractivity contribution is -0.173. The van der Waals surface area contributed by atoms with E-state index < -0.39 is 29.7 Å². The van der Waals surface area contributed by atoms with Crippen LogP contribution in [0.25, 0.3) is 43.8 Å². The minimum absolute atomic E-state index is 0.0479. The van der Waals surface area contributed by atoms with Gasteiger partial charge in [0.15, 0.2) is 6.29 Å². The van der Waals surface area contributed by atoms with Gasteiger partial charge in [0.25, 0.3) is 5.91 Å². The third-order valence-corrected chi connectivity index (χ3v) is 14.4. The fourth-order valence-electron chi connectivity index (χ4n) is 10.5. The number of imidazole rings is 1. The van der Waals surface area contributed by atoms with E-state index in [1.54, 1.807) is 29.7 Å². The predicted molar refractivity (Wildman–Crippen MR) is 280 cm³/mol. The molecule has 0 aliphatic carbocycles. The number of piperidine rings is 1. The van der Waals surface area contributed by atoms with Gasteiger partial charge >= 0.3 is 0 Å². The van der Waals surface area contributed by atoms with Gasteiger partial charge in [-0.05, 0) is 114 Å². The number of hydrogen-bond donors (Lipinski definition) is 3. The molecule has 0 spiro atoms. The fourth-order valence-corrected chi connectivity index (χ4v) is 10.7. The first-order valence-corrected chi connectivity index (χ1v) is 25.4. The topological polar surface area (TPSA) is 187 Å². The van der Waals surface area contributed by atoms with Crippen molar-refractivity contribution in [3.05, 3.63) is 106 Å². The summed E-state index contributed by atoms with van der Waals surface area (Å²) in [6.45, 7) is 14.9. The number of ether oxygens (including phenoxy) is 3. The number of aryl methyl sites for hydroxylation is 4. The molecule has 0 radical (unpaired) electrons. The van der Waals surface area contributed by atoms with Crippen LogP contribution in [0, 0.1) is 26.6 Å². The van der Waals surface area contributed by atoms with E-state index in [-0.39, 0.29) is 42.6 Å². The largest absolute Gasteiger partial charge is 0.494 e. The van der Waals surface area contributed by atoms with Crippen LogP contribution in [-0.2, 0) is 45.7 Å². The van der Waals surface area contributed by atoms with Crippen molar-refractivity contribution >= 4 is 67.9 Å². The van der Waals surface area contributed by atoms with Crippen LogP contribution >= 0.6 is 11.6 Å². The lowest BCUT2D eigenvalue weighted by Crippen LogP contribution is -2.52. The Bertz CT molecular complexity index is 3330. The Morgan fingerprint density at radius 3 is 2.41 bits per heavy atom. The Labute approximate surface area is 433 Å². The maximum Gasteiger partial charge on any atom is 0.254 e. The van der Waals surface area contributed by atoms with Gasteiger partial charge in [-0.3, -0.25) is 34.1 Å². The second-order valence-electron chi connectivity index (χ2n) is 20.1. The van der Waals surface area contributed by atoms with E-state index in [4.69, 9.17) is 35.9 Å². The number of halogens is 2. The number of aliphatic hydroxyl groups excluding tert-OH is 1. The summed E-state index contributed by atoms with van der Waals surface area (Å²) in [6, 6.07) is 16.5. The Morgan fingerprint density at radius 1 is 0.946 bits per heavy atom. The summed E-state index contributed by atoms with van der Waals surface area (Å²) in [5.74, 6) is -0.320. The molecule has 5 heterocycles. The highest BCUT2D eigenvalue weighted by Crippen LogP contribution is 2.44. The number of nitrogens with zero attached hydrogens (tertiary/aromatic N) is 7. The maximum absolute atomic E-state index is 14.2. The van der Waals surface area contributed by atoms with Crippen LogP contribution in [0.1, 0.15) is 85.2 Å². The number of benzene rings is 4. The van der Waals surface area contributed by atoms with Crippen molar-refractivity contribution in [2.45, 2.75) is 98.2 Å². The molecule has 7 aromatic rings. The normalized spacial score (nSPS) is 16.1. The number of nitrogens with one attached hydrogen (secondary N) is 2. The van der Waals surface area contributed by atoms with Crippen molar-refractivity contribution in [1.29, 1.82) is 0 Å². The van der Waals surface area contributed by atoms with Crippen LogP contribution in [-0.4, -0.2) is 121 Å². The lowest BCUT2D eigenvalue weighted by Gasteiger charge is -2.35. The number of piperazine rings is 1. The van der Waals surface area contributed by atoms with E-state index >= 15 is 0 Å². The van der Waals surface area contributed by atoms with Gasteiger partial charge < -0.3 is 38.7 Å². The zero-order chi connectivity index (χ0) is 52.7. The minimum Gasteiger partial charge on any atom is -0.494 e. The third-order valence-electron chi connectivity index (χ3n) is 14.1. The van der Waals surface area contributed by atoms with Crippen molar-refractivity contribution in [2.75, 3.05) is 46.4 Å². The number of methoxy groups -OCH3 is 1. The molecule has 9 rings (SSSR count). The molecule has 2 aliphatic heterocycles. The molecular formula is C55H63ClFN9O8. The van der Waals surface area contributed by atoms with Gasteiger partial charge in [0.1, 0.15) is 46.8 Å². The molecule has 0 saturated carbocycles. The number of amides is 4. The van der Waals surface area contributed by atoms with Crippen molar-refractivity contribution in [3.8, 4) is 22.6 Å². The molecule has 2 aliphatic rings. The van der Waals surface area contributed by atoms with E-state index in [0.29, 0.717) is 97.8 Å². The Kier molecular flexibility index (Phi) is 14.9. The number of aliphatic hydroxyl groups is 1. The molecule has 74 heavy (non-hydrogen) atoms. The molecule has 0 bridgehead atoms. The standard InChI is InChI=1S/C55H63ClFN9O8/c1-31-46(32(2)62(7)61-31)47-40(56)18-16-38-37(12-10-28-73-42-13-9-11-34-29-35(57)14-15-36(34)42)50(54(71)74-55(4,5)6)65(49(38)47)27-24-63-22-25-64(26-23-63)45(68)30-66-33(3)58-48-39(17-20-43(72-8)51(48)66)52(69)59-41-19-21-44(67)60-53(41)70/h9,11,13-18,20,29,41,54,71H,10,12,19,21-28,30H2,1-8H3,(H,59,69)(H,60,67,70). The second kappa shape index (κ2) is 21.2. The molecule has 390 valence electrons. The molecular weight excluding hydrogens is 969 g/mol.